The number of hydrogen-bond acceptors (Lipinski definition) is 15. The fraction of sp³-hybridized carbons (Fsp3) is 0.953. The van der Waals surface area contributed by atoms with Crippen molar-refractivity contribution in [2.24, 2.45) is 23.7 Å². The Morgan fingerprint density at radius 2 is 0.462 bits per heavy atom. The number of phosphoric ester groups is 2. The van der Waals surface area contributed by atoms with Crippen LogP contribution < -0.4 is 0 Å². The molecule has 618 valence electrons. The van der Waals surface area contributed by atoms with Crippen LogP contribution in [0.2, 0.25) is 0 Å². The minimum Gasteiger partial charge on any atom is -0.462 e. The molecule has 0 spiro atoms. The number of esters is 4. The van der Waals surface area contributed by atoms with Crippen molar-refractivity contribution in [1.82, 2.24) is 0 Å². The Labute approximate surface area is 638 Å². The van der Waals surface area contributed by atoms with Crippen LogP contribution in [0.3, 0.4) is 0 Å². The number of aliphatic hydroxyl groups is 1. The summed E-state index contributed by atoms with van der Waals surface area (Å²) in [6.07, 6.45) is 62.6. The molecule has 19 heteroatoms. The van der Waals surface area contributed by atoms with Gasteiger partial charge in [-0.25, -0.2) is 9.13 Å². The molecule has 0 heterocycles. The molecule has 0 amide bonds. The molecule has 4 unspecified atom stereocenters. The lowest BCUT2D eigenvalue weighted by Crippen LogP contribution is -2.30. The molecular formula is C85H166O17P2. The zero-order valence-electron chi connectivity index (χ0n) is 68.7. The van der Waals surface area contributed by atoms with E-state index in [1.807, 2.05) is 0 Å². The first-order valence-corrected chi connectivity index (χ1v) is 46.7. The maximum absolute atomic E-state index is 13.1. The van der Waals surface area contributed by atoms with Gasteiger partial charge >= 0.3 is 39.5 Å². The molecule has 17 nitrogen and oxygen atoms in total. The highest BCUT2D eigenvalue weighted by molar-refractivity contribution is 7.47. The van der Waals surface area contributed by atoms with E-state index < -0.39 is 97.5 Å². The third-order valence-electron chi connectivity index (χ3n) is 20.2. The lowest BCUT2D eigenvalue weighted by Gasteiger charge is -2.21. The molecule has 0 fully saturated rings. The maximum Gasteiger partial charge on any atom is 0.472 e. The second-order valence-corrected chi connectivity index (χ2v) is 35.2. The SMILES string of the molecule is CCC(C)CCCCCCCCCCCCCCCCC(=O)OC[C@H](COP(=O)(O)OCC(O)COP(=O)(O)OC[C@@H](COC(=O)CCCCCCCCC(C)C)OC(=O)CCCCCCCCCCCCCCCCCCCCC(C)C)OC(=O)CCCCCCCCCCCCCCCC(C)C. The third-order valence-corrected chi connectivity index (χ3v) is 22.1. The number of hydrogen-bond donors (Lipinski definition) is 3. The van der Waals surface area contributed by atoms with Gasteiger partial charge in [0.05, 0.1) is 26.4 Å². The highest BCUT2D eigenvalue weighted by Crippen LogP contribution is 2.45. The molecule has 0 bridgehead atoms. The van der Waals surface area contributed by atoms with Crippen LogP contribution in [0.25, 0.3) is 0 Å². The van der Waals surface area contributed by atoms with Crippen molar-refractivity contribution in [1.29, 1.82) is 0 Å². The molecule has 0 aliphatic heterocycles. The van der Waals surface area contributed by atoms with E-state index in [1.54, 1.807) is 0 Å². The van der Waals surface area contributed by atoms with Crippen molar-refractivity contribution < 1.29 is 80.2 Å². The average Bonchev–Trinajstić information content (AvgIpc) is 0.919. The predicted octanol–water partition coefficient (Wildman–Crippen LogP) is 25.6. The summed E-state index contributed by atoms with van der Waals surface area (Å²) in [5, 5.41) is 10.7. The van der Waals surface area contributed by atoms with Crippen LogP contribution in [0.1, 0.15) is 441 Å². The van der Waals surface area contributed by atoms with Crippen LogP contribution in [-0.2, 0) is 65.4 Å². The average molecular weight is 1520 g/mol. The first-order valence-electron chi connectivity index (χ1n) is 43.7. The fourth-order valence-corrected chi connectivity index (χ4v) is 14.7. The van der Waals surface area contributed by atoms with Gasteiger partial charge in [-0.05, 0) is 49.4 Å². The number of phosphoric acid groups is 2. The summed E-state index contributed by atoms with van der Waals surface area (Å²) in [4.78, 5) is 73.1. The Balaban J connectivity index is 5.19. The number of ether oxygens (including phenoxy) is 4. The quantitative estimate of drug-likeness (QED) is 0.0222. The molecule has 0 aromatic carbocycles. The van der Waals surface area contributed by atoms with E-state index in [9.17, 15) is 43.2 Å². The standard InChI is InChI=1S/C85H166O17P2/c1-9-78(8)64-56-48-39-33-27-21-16-17-22-28-34-40-49-57-65-82(87)95-71-80(101-84(89)68-60-52-42-36-30-24-18-20-26-32-38-46-54-62-76(4)5)73-99-103(91,92)97-69-79(86)70-98-104(93,94)100-74-81(72-96-83(88)66-58-50-44-43-47-55-63-77(6)7)102-85(90)67-59-51-41-35-29-23-15-13-11-10-12-14-19-25-31-37-45-53-61-75(2)3/h75-81,86H,9-74H2,1-8H3,(H,91,92)(H,93,94)/t78?,79?,80-,81-/m1/s1. The Bertz CT molecular complexity index is 2030. The van der Waals surface area contributed by atoms with Crippen molar-refractivity contribution in [3.63, 3.8) is 0 Å². The highest BCUT2D eigenvalue weighted by atomic mass is 31.2. The van der Waals surface area contributed by atoms with Crippen molar-refractivity contribution in [3.05, 3.63) is 0 Å². The second-order valence-electron chi connectivity index (χ2n) is 32.2. The van der Waals surface area contributed by atoms with Gasteiger partial charge in [0.25, 0.3) is 0 Å². The van der Waals surface area contributed by atoms with Crippen LogP contribution in [0, 0.1) is 23.7 Å². The Kier molecular flexibility index (Phi) is 72.5. The molecule has 0 aliphatic rings. The summed E-state index contributed by atoms with van der Waals surface area (Å²) in [6, 6.07) is 0. The smallest absolute Gasteiger partial charge is 0.462 e. The van der Waals surface area contributed by atoms with Crippen LogP contribution in [0.5, 0.6) is 0 Å². The van der Waals surface area contributed by atoms with Crippen molar-refractivity contribution in [3.8, 4) is 0 Å². The summed E-state index contributed by atoms with van der Waals surface area (Å²) in [7, 11) is -9.93. The summed E-state index contributed by atoms with van der Waals surface area (Å²) in [5.41, 5.74) is 0. The topological polar surface area (TPSA) is 237 Å². The van der Waals surface area contributed by atoms with Gasteiger partial charge in [0.2, 0.25) is 0 Å². The van der Waals surface area contributed by atoms with E-state index in [1.165, 1.54) is 238 Å². The summed E-state index contributed by atoms with van der Waals surface area (Å²) in [6.45, 7) is 14.3. The molecule has 0 saturated heterocycles. The minimum atomic E-state index is -4.96. The van der Waals surface area contributed by atoms with Gasteiger partial charge in [-0.1, -0.05) is 389 Å². The predicted molar refractivity (Wildman–Crippen MR) is 428 cm³/mol. The monoisotopic (exact) mass is 1520 g/mol. The zero-order chi connectivity index (χ0) is 76.7. The largest absolute Gasteiger partial charge is 0.472 e. The van der Waals surface area contributed by atoms with E-state index in [2.05, 4.69) is 55.4 Å². The van der Waals surface area contributed by atoms with Gasteiger partial charge in [0, 0.05) is 25.7 Å². The van der Waals surface area contributed by atoms with Gasteiger partial charge in [-0.3, -0.25) is 37.3 Å². The van der Waals surface area contributed by atoms with E-state index in [0.717, 1.165) is 114 Å². The number of rotatable bonds is 82. The summed E-state index contributed by atoms with van der Waals surface area (Å²) < 4.78 is 68.8. The Morgan fingerprint density at radius 3 is 0.683 bits per heavy atom. The summed E-state index contributed by atoms with van der Waals surface area (Å²) >= 11 is 0. The molecule has 104 heavy (non-hydrogen) atoms. The first kappa shape index (κ1) is 102. The molecular weight excluding hydrogens is 1350 g/mol. The second kappa shape index (κ2) is 73.8. The Morgan fingerprint density at radius 1 is 0.269 bits per heavy atom. The van der Waals surface area contributed by atoms with E-state index in [4.69, 9.17) is 37.0 Å². The van der Waals surface area contributed by atoms with Gasteiger partial charge < -0.3 is 33.8 Å². The lowest BCUT2D eigenvalue weighted by atomic mass is 9.99. The van der Waals surface area contributed by atoms with Gasteiger partial charge in [0.15, 0.2) is 12.2 Å². The van der Waals surface area contributed by atoms with Gasteiger partial charge in [-0.15, -0.1) is 0 Å². The van der Waals surface area contributed by atoms with Crippen LogP contribution in [0.4, 0.5) is 0 Å². The molecule has 0 aromatic rings. The number of unbranched alkanes of at least 4 members (excludes halogenated alkanes) is 47. The van der Waals surface area contributed by atoms with E-state index in [-0.39, 0.29) is 25.7 Å². The lowest BCUT2D eigenvalue weighted by molar-refractivity contribution is -0.161. The van der Waals surface area contributed by atoms with Crippen molar-refractivity contribution >= 4 is 39.5 Å². The fourth-order valence-electron chi connectivity index (χ4n) is 13.1. The summed E-state index contributed by atoms with van der Waals surface area (Å²) in [5.74, 6) is 1.03. The third kappa shape index (κ3) is 76.8. The maximum atomic E-state index is 13.1. The van der Waals surface area contributed by atoms with Crippen LogP contribution >= 0.6 is 15.6 Å². The van der Waals surface area contributed by atoms with Gasteiger partial charge in [0.1, 0.15) is 19.3 Å². The van der Waals surface area contributed by atoms with Gasteiger partial charge in [-0.2, -0.15) is 0 Å². The number of carbonyl (C=O) groups is 4. The van der Waals surface area contributed by atoms with Crippen LogP contribution in [-0.4, -0.2) is 96.7 Å². The van der Waals surface area contributed by atoms with Crippen molar-refractivity contribution in [2.75, 3.05) is 39.6 Å². The molecule has 0 aliphatic carbocycles. The molecule has 3 N–H and O–H groups in total. The van der Waals surface area contributed by atoms with E-state index in [0.29, 0.717) is 31.6 Å². The van der Waals surface area contributed by atoms with E-state index >= 15 is 0 Å². The number of aliphatic hydroxyl groups excluding tert-OH is 1. The Hall–Kier alpha value is -1.94. The van der Waals surface area contributed by atoms with Crippen LogP contribution in [0.15, 0.2) is 0 Å². The molecule has 0 radical (unpaired) electrons. The normalized spacial score (nSPS) is 14.2. The highest BCUT2D eigenvalue weighted by Gasteiger charge is 2.30. The molecule has 6 atom stereocenters. The molecule has 0 aromatic heterocycles. The molecule has 0 rings (SSSR count). The minimum absolute atomic E-state index is 0.107. The molecule has 0 saturated carbocycles. The van der Waals surface area contributed by atoms with Crippen molar-refractivity contribution in [2.45, 2.75) is 459 Å². The first-order chi connectivity index (χ1) is 50.1. The zero-order valence-corrected chi connectivity index (χ0v) is 70.5. The number of carbonyl (C=O) groups excluding carboxylic acids is 4.